The van der Waals surface area contributed by atoms with E-state index in [-0.39, 0.29) is 17.0 Å². The Bertz CT molecular complexity index is 575. The van der Waals surface area contributed by atoms with Gasteiger partial charge in [0.1, 0.15) is 6.54 Å². The molecule has 1 aromatic carbocycles. The number of halogens is 1. The maximum Gasteiger partial charge on any atom is 0.178 e. The van der Waals surface area contributed by atoms with Gasteiger partial charge in [-0.1, -0.05) is 37.6 Å². The van der Waals surface area contributed by atoms with Crippen molar-refractivity contribution in [3.05, 3.63) is 65.0 Å². The maximum atomic E-state index is 2.36. The molecule has 1 heterocycles. The van der Waals surface area contributed by atoms with Gasteiger partial charge in [0.25, 0.3) is 0 Å². The van der Waals surface area contributed by atoms with E-state index in [0.717, 1.165) is 6.54 Å². The van der Waals surface area contributed by atoms with Crippen LogP contribution in [0.4, 0.5) is 0 Å². The second kappa shape index (κ2) is 10.6. The predicted octanol–water partition coefficient (Wildman–Crippen LogP) is 1.96. The molecule has 2 rings (SSSR count). The third-order valence-electron chi connectivity index (χ3n) is 4.36. The summed E-state index contributed by atoms with van der Waals surface area (Å²) in [6.07, 6.45) is 9.71. The van der Waals surface area contributed by atoms with E-state index in [1.54, 1.807) is 0 Å². The summed E-state index contributed by atoms with van der Waals surface area (Å²) in [7, 11) is 0. The molecule has 0 radical (unpaired) electrons. The highest BCUT2D eigenvalue weighted by Crippen LogP contribution is 2.10. The zero-order chi connectivity index (χ0) is 15.8. The molecule has 0 bridgehead atoms. The van der Waals surface area contributed by atoms with E-state index >= 15 is 0 Å². The summed E-state index contributed by atoms with van der Waals surface area (Å²) in [4.78, 5) is 0. The van der Waals surface area contributed by atoms with Crippen molar-refractivity contribution in [3.63, 3.8) is 0 Å². The lowest BCUT2D eigenvalue weighted by atomic mass is 10.0. The molecule has 0 amide bonds. The van der Waals surface area contributed by atoms with E-state index in [9.17, 15) is 0 Å². The number of aromatic nitrogens is 1. The van der Waals surface area contributed by atoms with Crippen molar-refractivity contribution >= 4 is 0 Å². The number of pyridine rings is 1. The van der Waals surface area contributed by atoms with Gasteiger partial charge >= 0.3 is 0 Å². The fraction of sp³-hybridized carbons (Fsp3) is 0.476. The second-order valence-corrected chi connectivity index (χ2v) is 6.42. The molecule has 0 N–H and O–H groups in total. The van der Waals surface area contributed by atoms with Gasteiger partial charge in [0.05, 0.1) is 0 Å². The Balaban J connectivity index is 0.00000264. The Kier molecular flexibility index (Phi) is 9.16. The van der Waals surface area contributed by atoms with Gasteiger partial charge < -0.3 is 17.0 Å². The van der Waals surface area contributed by atoms with Crippen LogP contribution in [0.2, 0.25) is 0 Å². The highest BCUT2D eigenvalue weighted by atomic mass is 79.9. The average molecular weight is 376 g/mol. The van der Waals surface area contributed by atoms with Gasteiger partial charge in [-0.15, -0.1) is 0 Å². The van der Waals surface area contributed by atoms with Gasteiger partial charge in [-0.3, -0.25) is 0 Å². The van der Waals surface area contributed by atoms with Crippen LogP contribution < -0.4 is 21.5 Å². The molecule has 23 heavy (non-hydrogen) atoms. The Morgan fingerprint density at radius 1 is 0.826 bits per heavy atom. The van der Waals surface area contributed by atoms with Crippen molar-refractivity contribution < 1.29 is 21.5 Å². The highest BCUT2D eigenvalue weighted by molar-refractivity contribution is 5.22. The summed E-state index contributed by atoms with van der Waals surface area (Å²) in [5, 5.41) is 0. The van der Waals surface area contributed by atoms with Crippen LogP contribution >= 0.6 is 0 Å². The van der Waals surface area contributed by atoms with Crippen LogP contribution in [0.5, 0.6) is 0 Å². The van der Waals surface area contributed by atoms with Crippen molar-refractivity contribution in [1.29, 1.82) is 0 Å². The van der Waals surface area contributed by atoms with Crippen molar-refractivity contribution in [2.24, 2.45) is 0 Å². The molecule has 2 heteroatoms. The molecular weight excluding hydrogens is 346 g/mol. The first-order valence-electron chi connectivity index (χ1n) is 8.73. The van der Waals surface area contributed by atoms with E-state index in [0.29, 0.717) is 0 Å². The molecule has 0 spiro atoms. The Hall–Kier alpha value is -1.15. The molecular formula is C21H30BrN. The minimum absolute atomic E-state index is 0. The summed E-state index contributed by atoms with van der Waals surface area (Å²) < 4.78 is 2.36. The smallest absolute Gasteiger partial charge is 0.178 e. The third-order valence-corrected chi connectivity index (χ3v) is 4.36. The number of rotatable bonds is 8. The third kappa shape index (κ3) is 6.87. The number of nitrogens with zero attached hydrogens (tertiary/aromatic N) is 1. The number of hydrogen-bond acceptors (Lipinski definition) is 0. The highest BCUT2D eigenvalue weighted by Gasteiger charge is 2.05. The standard InChI is InChI=1S/C21H30N.BrH/c1-4-5-8-20-10-12-21(13-11-20)9-6-7-15-22-16-14-18(2)17-19(22)3;/h10-14,16-17H,4-9,15H2,1-3H3;1H/q+1;/p-1. The van der Waals surface area contributed by atoms with Gasteiger partial charge in [-0.2, -0.15) is 0 Å². The topological polar surface area (TPSA) is 3.88 Å². The predicted molar refractivity (Wildman–Crippen MR) is 94.1 cm³/mol. The average Bonchev–Trinajstić information content (AvgIpc) is 2.52. The largest absolute Gasteiger partial charge is 1.00 e. The van der Waals surface area contributed by atoms with E-state index < -0.39 is 0 Å². The molecule has 1 nitrogen and oxygen atoms in total. The zero-order valence-electron chi connectivity index (χ0n) is 14.8. The van der Waals surface area contributed by atoms with Crippen LogP contribution in [-0.2, 0) is 19.4 Å². The van der Waals surface area contributed by atoms with Crippen molar-refractivity contribution in [2.45, 2.75) is 65.8 Å². The van der Waals surface area contributed by atoms with Crippen LogP contribution in [0, 0.1) is 13.8 Å². The van der Waals surface area contributed by atoms with Crippen molar-refractivity contribution in [3.8, 4) is 0 Å². The van der Waals surface area contributed by atoms with Crippen molar-refractivity contribution in [1.82, 2.24) is 0 Å². The van der Waals surface area contributed by atoms with Crippen LogP contribution in [0.25, 0.3) is 0 Å². The molecule has 126 valence electrons. The Morgan fingerprint density at radius 3 is 2.00 bits per heavy atom. The number of benzene rings is 1. The first-order valence-corrected chi connectivity index (χ1v) is 8.73. The molecule has 0 saturated carbocycles. The van der Waals surface area contributed by atoms with Crippen LogP contribution in [0.15, 0.2) is 42.6 Å². The second-order valence-electron chi connectivity index (χ2n) is 6.42. The number of hydrogen-bond donors (Lipinski definition) is 0. The quantitative estimate of drug-likeness (QED) is 0.490. The van der Waals surface area contributed by atoms with Crippen LogP contribution in [-0.4, -0.2) is 0 Å². The fourth-order valence-corrected chi connectivity index (χ4v) is 2.90. The van der Waals surface area contributed by atoms with Gasteiger partial charge in [-0.05, 0) is 49.3 Å². The molecule has 1 aromatic heterocycles. The Morgan fingerprint density at radius 2 is 1.43 bits per heavy atom. The summed E-state index contributed by atoms with van der Waals surface area (Å²) in [5.74, 6) is 0. The monoisotopic (exact) mass is 375 g/mol. The fourth-order valence-electron chi connectivity index (χ4n) is 2.90. The minimum Gasteiger partial charge on any atom is -1.00 e. The van der Waals surface area contributed by atoms with E-state index in [1.807, 2.05) is 0 Å². The van der Waals surface area contributed by atoms with E-state index in [2.05, 4.69) is 67.9 Å². The molecule has 0 aliphatic carbocycles. The number of aryl methyl sites for hydroxylation is 5. The molecule has 0 saturated heterocycles. The van der Waals surface area contributed by atoms with E-state index in [4.69, 9.17) is 0 Å². The molecule has 0 aliphatic heterocycles. The lowest BCUT2D eigenvalue weighted by molar-refractivity contribution is -0.703. The number of unbranched alkanes of at least 4 members (excludes halogenated alkanes) is 2. The Labute approximate surface area is 152 Å². The van der Waals surface area contributed by atoms with Gasteiger partial charge in [0.15, 0.2) is 11.9 Å². The lowest BCUT2D eigenvalue weighted by Gasteiger charge is -2.04. The summed E-state index contributed by atoms with van der Waals surface area (Å²) in [6, 6.07) is 13.7. The minimum atomic E-state index is 0. The zero-order valence-corrected chi connectivity index (χ0v) is 16.4. The van der Waals surface area contributed by atoms with Crippen LogP contribution in [0.3, 0.4) is 0 Å². The first-order chi connectivity index (χ1) is 10.7. The first kappa shape index (κ1) is 19.9. The maximum absolute atomic E-state index is 2.36. The summed E-state index contributed by atoms with van der Waals surface area (Å²) >= 11 is 0. The molecule has 2 aromatic rings. The van der Waals surface area contributed by atoms with E-state index in [1.165, 1.54) is 60.9 Å². The normalized spacial score (nSPS) is 10.4. The van der Waals surface area contributed by atoms with Crippen molar-refractivity contribution in [2.75, 3.05) is 0 Å². The summed E-state index contributed by atoms with van der Waals surface area (Å²) in [6.45, 7) is 7.73. The molecule has 0 unspecified atom stereocenters. The summed E-state index contributed by atoms with van der Waals surface area (Å²) in [5.41, 5.74) is 5.67. The molecule has 0 aliphatic rings. The van der Waals surface area contributed by atoms with Crippen LogP contribution in [0.1, 0.15) is 55.0 Å². The lowest BCUT2D eigenvalue weighted by Crippen LogP contribution is -3.00. The van der Waals surface area contributed by atoms with Gasteiger partial charge in [0.2, 0.25) is 0 Å². The van der Waals surface area contributed by atoms with Gasteiger partial charge in [-0.25, -0.2) is 4.57 Å². The van der Waals surface area contributed by atoms with Gasteiger partial charge in [0, 0.05) is 25.5 Å². The molecule has 0 atom stereocenters. The molecule has 0 fully saturated rings. The SMILES string of the molecule is CCCCc1ccc(CCCC[n+]2ccc(C)cc2C)cc1.[Br-].